The number of carbonyl (C=O) groups excluding carboxylic acids is 3. The number of hydrogen-bond donors (Lipinski definition) is 0. The molecular formula is C21H27N3O4. The Kier molecular flexibility index (Phi) is 5.50. The molecule has 4 rings (SSSR count). The summed E-state index contributed by atoms with van der Waals surface area (Å²) in [6.45, 7) is 3.26. The fourth-order valence-electron chi connectivity index (χ4n) is 4.45. The van der Waals surface area contributed by atoms with Crippen LogP contribution in [0.5, 0.6) is 0 Å². The SMILES string of the molecule is O=C(CC1CCc2ccccc21)N1CCCN(C(=O)CN2CCOC2=O)CC1. The molecule has 28 heavy (non-hydrogen) atoms. The molecule has 2 aliphatic heterocycles. The van der Waals surface area contributed by atoms with E-state index in [1.54, 1.807) is 4.90 Å². The molecule has 150 valence electrons. The molecule has 0 N–H and O–H groups in total. The van der Waals surface area contributed by atoms with E-state index in [0.717, 1.165) is 19.3 Å². The second-order valence-corrected chi connectivity index (χ2v) is 7.79. The van der Waals surface area contributed by atoms with Gasteiger partial charge in [0.25, 0.3) is 0 Å². The van der Waals surface area contributed by atoms with Gasteiger partial charge in [0.1, 0.15) is 13.2 Å². The van der Waals surface area contributed by atoms with Crippen molar-refractivity contribution in [2.75, 3.05) is 45.9 Å². The van der Waals surface area contributed by atoms with E-state index >= 15 is 0 Å². The zero-order valence-corrected chi connectivity index (χ0v) is 16.1. The number of carbonyl (C=O) groups is 3. The van der Waals surface area contributed by atoms with E-state index in [9.17, 15) is 14.4 Å². The third kappa shape index (κ3) is 3.98. The van der Waals surface area contributed by atoms with Gasteiger partial charge in [-0.2, -0.15) is 0 Å². The number of rotatable bonds is 4. The van der Waals surface area contributed by atoms with Gasteiger partial charge in [0, 0.05) is 32.6 Å². The molecule has 2 heterocycles. The molecule has 3 amide bonds. The van der Waals surface area contributed by atoms with E-state index in [2.05, 4.69) is 18.2 Å². The van der Waals surface area contributed by atoms with Crippen LogP contribution in [0.15, 0.2) is 24.3 Å². The lowest BCUT2D eigenvalue weighted by atomic mass is 9.97. The van der Waals surface area contributed by atoms with Gasteiger partial charge in [0.15, 0.2) is 0 Å². The lowest BCUT2D eigenvalue weighted by Gasteiger charge is -2.24. The van der Waals surface area contributed by atoms with Crippen molar-refractivity contribution >= 4 is 17.9 Å². The van der Waals surface area contributed by atoms with Crippen molar-refractivity contribution in [3.8, 4) is 0 Å². The summed E-state index contributed by atoms with van der Waals surface area (Å²) < 4.78 is 4.88. The van der Waals surface area contributed by atoms with Crippen molar-refractivity contribution in [2.45, 2.75) is 31.6 Å². The van der Waals surface area contributed by atoms with Gasteiger partial charge in [0.05, 0.1) is 6.54 Å². The van der Waals surface area contributed by atoms with E-state index in [0.29, 0.717) is 51.7 Å². The minimum Gasteiger partial charge on any atom is -0.448 e. The van der Waals surface area contributed by atoms with Gasteiger partial charge in [-0.1, -0.05) is 24.3 Å². The van der Waals surface area contributed by atoms with E-state index in [1.807, 2.05) is 11.0 Å². The quantitative estimate of drug-likeness (QED) is 0.790. The van der Waals surface area contributed by atoms with E-state index in [-0.39, 0.29) is 18.4 Å². The third-order valence-electron chi connectivity index (χ3n) is 6.05. The fourth-order valence-corrected chi connectivity index (χ4v) is 4.45. The van der Waals surface area contributed by atoms with Crippen LogP contribution in [-0.4, -0.2) is 78.5 Å². The highest BCUT2D eigenvalue weighted by Crippen LogP contribution is 2.35. The molecule has 2 fully saturated rings. The first kappa shape index (κ1) is 18.8. The Bertz CT molecular complexity index is 766. The van der Waals surface area contributed by atoms with Gasteiger partial charge < -0.3 is 14.5 Å². The lowest BCUT2D eigenvalue weighted by Crippen LogP contribution is -2.43. The van der Waals surface area contributed by atoms with Crippen LogP contribution in [-0.2, 0) is 20.7 Å². The second-order valence-electron chi connectivity index (χ2n) is 7.79. The number of fused-ring (bicyclic) bond motifs is 1. The summed E-state index contributed by atoms with van der Waals surface area (Å²) in [5.41, 5.74) is 2.69. The van der Waals surface area contributed by atoms with Gasteiger partial charge >= 0.3 is 6.09 Å². The molecule has 7 heteroatoms. The van der Waals surface area contributed by atoms with Crippen LogP contribution in [0, 0.1) is 0 Å². The van der Waals surface area contributed by atoms with E-state index in [4.69, 9.17) is 4.74 Å². The van der Waals surface area contributed by atoms with Crippen LogP contribution in [0.2, 0.25) is 0 Å². The molecule has 0 aromatic heterocycles. The Morgan fingerprint density at radius 1 is 1.00 bits per heavy atom. The first-order valence-corrected chi connectivity index (χ1v) is 10.2. The molecule has 0 bridgehead atoms. The minimum atomic E-state index is -0.420. The van der Waals surface area contributed by atoms with E-state index < -0.39 is 6.09 Å². The number of ether oxygens (including phenoxy) is 1. The Morgan fingerprint density at radius 2 is 1.75 bits per heavy atom. The molecule has 1 unspecified atom stereocenters. The normalized spacial score (nSPS) is 22.1. The third-order valence-corrected chi connectivity index (χ3v) is 6.05. The number of aryl methyl sites for hydroxylation is 1. The highest BCUT2D eigenvalue weighted by Gasteiger charge is 2.30. The molecule has 1 aliphatic carbocycles. The Labute approximate surface area is 165 Å². The summed E-state index contributed by atoms with van der Waals surface area (Å²) in [6, 6.07) is 8.41. The molecule has 0 saturated carbocycles. The van der Waals surface area contributed by atoms with Gasteiger partial charge in [0.2, 0.25) is 11.8 Å². The summed E-state index contributed by atoms with van der Waals surface area (Å²) in [7, 11) is 0. The molecule has 1 aromatic carbocycles. The highest BCUT2D eigenvalue weighted by atomic mass is 16.6. The van der Waals surface area contributed by atoms with Crippen molar-refractivity contribution in [1.29, 1.82) is 0 Å². The van der Waals surface area contributed by atoms with E-state index in [1.165, 1.54) is 16.0 Å². The number of amides is 3. The summed E-state index contributed by atoms with van der Waals surface area (Å²) in [5.74, 6) is 0.419. The summed E-state index contributed by atoms with van der Waals surface area (Å²) in [6.07, 6.45) is 2.98. The van der Waals surface area contributed by atoms with Crippen LogP contribution in [0.3, 0.4) is 0 Å². The summed E-state index contributed by atoms with van der Waals surface area (Å²) in [5, 5.41) is 0. The molecular weight excluding hydrogens is 358 g/mol. The first-order chi connectivity index (χ1) is 13.6. The van der Waals surface area contributed by atoms with Crippen molar-refractivity contribution in [3.05, 3.63) is 35.4 Å². The zero-order valence-electron chi connectivity index (χ0n) is 16.1. The van der Waals surface area contributed by atoms with Crippen LogP contribution in [0.25, 0.3) is 0 Å². The molecule has 0 spiro atoms. The van der Waals surface area contributed by atoms with Crippen LogP contribution in [0.4, 0.5) is 4.79 Å². The largest absolute Gasteiger partial charge is 0.448 e. The molecule has 3 aliphatic rings. The molecule has 0 radical (unpaired) electrons. The van der Waals surface area contributed by atoms with Crippen molar-refractivity contribution in [1.82, 2.24) is 14.7 Å². The highest BCUT2D eigenvalue weighted by molar-refractivity contribution is 5.83. The van der Waals surface area contributed by atoms with Gasteiger partial charge in [-0.3, -0.25) is 14.5 Å². The first-order valence-electron chi connectivity index (χ1n) is 10.2. The number of benzene rings is 1. The fraction of sp³-hybridized carbons (Fsp3) is 0.571. The van der Waals surface area contributed by atoms with Crippen LogP contribution < -0.4 is 0 Å². The molecule has 7 nitrogen and oxygen atoms in total. The van der Waals surface area contributed by atoms with Crippen molar-refractivity contribution in [3.63, 3.8) is 0 Å². The minimum absolute atomic E-state index is 0.0611. The maximum Gasteiger partial charge on any atom is 0.410 e. The molecule has 1 aromatic rings. The summed E-state index contributed by atoms with van der Waals surface area (Å²) in [4.78, 5) is 42.0. The maximum atomic E-state index is 12.9. The predicted octanol–water partition coefficient (Wildman–Crippen LogP) is 1.62. The zero-order chi connectivity index (χ0) is 19.5. The predicted molar refractivity (Wildman–Crippen MR) is 103 cm³/mol. The van der Waals surface area contributed by atoms with Crippen LogP contribution in [0.1, 0.15) is 36.3 Å². The average Bonchev–Trinajstić information content (AvgIpc) is 3.19. The van der Waals surface area contributed by atoms with Gasteiger partial charge in [-0.25, -0.2) is 4.79 Å². The summed E-state index contributed by atoms with van der Waals surface area (Å²) >= 11 is 0. The average molecular weight is 385 g/mol. The van der Waals surface area contributed by atoms with Gasteiger partial charge in [-0.05, 0) is 36.3 Å². The lowest BCUT2D eigenvalue weighted by molar-refractivity contribution is -0.134. The Balaban J connectivity index is 1.29. The number of hydrogen-bond acceptors (Lipinski definition) is 4. The standard InChI is InChI=1S/C21H27N3O4/c25-19(14-17-7-6-16-4-1-2-5-18(16)17)22-8-3-9-23(11-10-22)20(26)15-24-12-13-28-21(24)27/h1-2,4-5,17H,3,6-15H2. The smallest absolute Gasteiger partial charge is 0.410 e. The number of nitrogens with zero attached hydrogens (tertiary/aromatic N) is 3. The van der Waals surface area contributed by atoms with Gasteiger partial charge in [-0.15, -0.1) is 0 Å². The maximum absolute atomic E-state index is 12.9. The van der Waals surface area contributed by atoms with Crippen molar-refractivity contribution < 1.29 is 19.1 Å². The van der Waals surface area contributed by atoms with Crippen LogP contribution >= 0.6 is 0 Å². The molecule has 2 saturated heterocycles. The molecule has 1 atom stereocenters. The second kappa shape index (κ2) is 8.20. The van der Waals surface area contributed by atoms with Crippen molar-refractivity contribution in [2.24, 2.45) is 0 Å². The Morgan fingerprint density at radius 3 is 2.50 bits per heavy atom. The Hall–Kier alpha value is -2.57. The number of cyclic esters (lactones) is 1. The topological polar surface area (TPSA) is 70.2 Å². The monoisotopic (exact) mass is 385 g/mol.